The smallest absolute Gasteiger partial charge is 0.369 e. The highest BCUT2D eigenvalue weighted by Crippen LogP contribution is 2.32. The third kappa shape index (κ3) is 4.59. The lowest BCUT2D eigenvalue weighted by atomic mass is 9.85. The van der Waals surface area contributed by atoms with E-state index in [1.807, 2.05) is 13.0 Å². The molecule has 0 spiro atoms. The van der Waals surface area contributed by atoms with Gasteiger partial charge in [0.1, 0.15) is 11.4 Å². The van der Waals surface area contributed by atoms with Crippen molar-refractivity contribution in [1.29, 1.82) is 10.8 Å². The fourth-order valence-corrected chi connectivity index (χ4v) is 4.65. The van der Waals surface area contributed by atoms with Crippen LogP contribution in [0.25, 0.3) is 11.0 Å². The molecule has 2 atom stereocenters. The average Bonchev–Trinajstić information content (AvgIpc) is 2.76. The lowest BCUT2D eigenvalue weighted by Crippen LogP contribution is -2.58. The van der Waals surface area contributed by atoms with Crippen LogP contribution in [0.2, 0.25) is 5.02 Å². The molecule has 2 aromatic heterocycles. The molecule has 2 saturated heterocycles. The van der Waals surface area contributed by atoms with E-state index >= 15 is 0 Å². The van der Waals surface area contributed by atoms with Crippen LogP contribution in [0.5, 0.6) is 0 Å². The summed E-state index contributed by atoms with van der Waals surface area (Å²) in [7, 11) is 0. The van der Waals surface area contributed by atoms with E-state index in [-0.39, 0.29) is 37.4 Å². The van der Waals surface area contributed by atoms with Crippen LogP contribution in [0.15, 0.2) is 24.5 Å². The van der Waals surface area contributed by atoms with Gasteiger partial charge in [-0.2, -0.15) is 13.2 Å². The number of amidine groups is 2. The van der Waals surface area contributed by atoms with Crippen LogP contribution in [-0.4, -0.2) is 76.2 Å². The molecule has 8 nitrogen and oxygen atoms in total. The van der Waals surface area contributed by atoms with Crippen LogP contribution in [-0.2, 0) is 4.79 Å². The second-order valence-corrected chi connectivity index (χ2v) is 8.81. The SMILES string of the molecule is CC1CN(c2ccnc3cc(Cl)cnc23)CCC1C(=O)N1CCN(C(=N)C(F)(F)F)C(=N)C1. The summed E-state index contributed by atoms with van der Waals surface area (Å²) in [5, 5.41) is 15.7. The van der Waals surface area contributed by atoms with Gasteiger partial charge in [0.2, 0.25) is 11.7 Å². The predicted octanol–water partition coefficient (Wildman–Crippen LogP) is 3.41. The summed E-state index contributed by atoms with van der Waals surface area (Å²) in [5.74, 6) is -2.43. The molecule has 4 rings (SSSR count). The number of hydrogen-bond acceptors (Lipinski definition) is 6. The van der Waals surface area contributed by atoms with Crippen molar-refractivity contribution in [3.05, 3.63) is 29.5 Å². The Labute approximate surface area is 193 Å². The van der Waals surface area contributed by atoms with Crippen LogP contribution in [0, 0.1) is 22.7 Å². The second-order valence-electron chi connectivity index (χ2n) is 8.37. The molecular weight excluding hydrogens is 459 g/mol. The minimum atomic E-state index is -4.82. The Kier molecular flexibility index (Phi) is 6.17. The van der Waals surface area contributed by atoms with E-state index in [2.05, 4.69) is 14.9 Å². The van der Waals surface area contributed by atoms with Crippen molar-refractivity contribution >= 4 is 45.9 Å². The third-order valence-corrected chi connectivity index (χ3v) is 6.40. The molecule has 12 heteroatoms. The van der Waals surface area contributed by atoms with Crippen molar-refractivity contribution < 1.29 is 18.0 Å². The number of anilines is 1. The highest BCUT2D eigenvalue weighted by Gasteiger charge is 2.43. The number of amides is 1. The summed E-state index contributed by atoms with van der Waals surface area (Å²) in [6.45, 7) is 2.79. The fraction of sp³-hybridized carbons (Fsp3) is 0.476. The molecule has 2 aromatic rings. The molecule has 176 valence electrons. The minimum Gasteiger partial charge on any atom is -0.369 e. The van der Waals surface area contributed by atoms with Crippen LogP contribution in [0.1, 0.15) is 13.3 Å². The number of nitrogens with zero attached hydrogens (tertiary/aromatic N) is 5. The summed E-state index contributed by atoms with van der Waals surface area (Å²) < 4.78 is 38.5. The van der Waals surface area contributed by atoms with Crippen LogP contribution >= 0.6 is 11.6 Å². The Bertz CT molecular complexity index is 1110. The van der Waals surface area contributed by atoms with Crippen LogP contribution in [0.3, 0.4) is 0 Å². The molecule has 2 unspecified atom stereocenters. The van der Waals surface area contributed by atoms with E-state index < -0.39 is 17.8 Å². The average molecular weight is 482 g/mol. The van der Waals surface area contributed by atoms with Gasteiger partial charge in [-0.3, -0.25) is 25.6 Å². The number of piperazine rings is 1. The summed E-state index contributed by atoms with van der Waals surface area (Å²) in [4.78, 5) is 26.1. The van der Waals surface area contributed by atoms with E-state index in [1.54, 1.807) is 18.5 Å². The quantitative estimate of drug-likeness (QED) is 0.506. The lowest BCUT2D eigenvalue weighted by Gasteiger charge is -2.42. The molecular formula is C21H23ClF3N7O. The number of alkyl halides is 3. The first-order chi connectivity index (χ1) is 15.6. The molecule has 2 aliphatic heterocycles. The zero-order valence-corrected chi connectivity index (χ0v) is 18.6. The molecule has 2 aliphatic rings. The number of halogens is 4. The minimum absolute atomic E-state index is 0.0116. The zero-order chi connectivity index (χ0) is 23.9. The standard InChI is InChI=1S/C21H23ClF3N7O/c1-12-10-30(16-2-4-28-15-8-13(22)9-29-18(15)16)5-3-14(12)19(33)31-6-7-32(17(26)11-31)20(27)21(23,24)25/h2,4,8-9,12,14,26-27H,3,5-7,10-11H2,1H3. The number of rotatable bonds is 2. The molecule has 2 fully saturated rings. The van der Waals surface area contributed by atoms with Gasteiger partial charge in [-0.05, 0) is 24.5 Å². The summed E-state index contributed by atoms with van der Waals surface area (Å²) >= 11 is 6.02. The Morgan fingerprint density at radius 2 is 2.00 bits per heavy atom. The lowest BCUT2D eigenvalue weighted by molar-refractivity contribution is -0.137. The Morgan fingerprint density at radius 3 is 2.67 bits per heavy atom. The summed E-state index contributed by atoms with van der Waals surface area (Å²) in [5.41, 5.74) is 2.33. The summed E-state index contributed by atoms with van der Waals surface area (Å²) in [6, 6.07) is 3.63. The molecule has 2 N–H and O–H groups in total. The first-order valence-corrected chi connectivity index (χ1v) is 10.9. The van der Waals surface area contributed by atoms with Crippen LogP contribution < -0.4 is 4.90 Å². The number of pyridine rings is 2. The monoisotopic (exact) mass is 481 g/mol. The maximum atomic E-state index is 13.2. The van der Waals surface area contributed by atoms with Gasteiger partial charge in [-0.25, -0.2) is 0 Å². The maximum absolute atomic E-state index is 13.2. The first-order valence-electron chi connectivity index (χ1n) is 10.5. The highest BCUT2D eigenvalue weighted by atomic mass is 35.5. The van der Waals surface area contributed by atoms with Gasteiger partial charge in [0.05, 0.1) is 22.8 Å². The van der Waals surface area contributed by atoms with Gasteiger partial charge in [0.15, 0.2) is 0 Å². The van der Waals surface area contributed by atoms with Crippen molar-refractivity contribution in [2.75, 3.05) is 37.6 Å². The maximum Gasteiger partial charge on any atom is 0.449 e. The van der Waals surface area contributed by atoms with Gasteiger partial charge in [-0.15, -0.1) is 0 Å². The van der Waals surface area contributed by atoms with Gasteiger partial charge < -0.3 is 14.7 Å². The van der Waals surface area contributed by atoms with Crippen molar-refractivity contribution in [3.8, 4) is 0 Å². The third-order valence-electron chi connectivity index (χ3n) is 6.20. The molecule has 1 amide bonds. The first kappa shape index (κ1) is 23.2. The number of piperidine rings is 1. The molecule has 0 radical (unpaired) electrons. The van der Waals surface area contributed by atoms with E-state index in [0.717, 1.165) is 11.2 Å². The number of fused-ring (bicyclic) bond motifs is 1. The largest absolute Gasteiger partial charge is 0.449 e. The number of hydrogen-bond donors (Lipinski definition) is 2. The van der Waals surface area contributed by atoms with Crippen molar-refractivity contribution in [2.45, 2.75) is 19.5 Å². The van der Waals surface area contributed by atoms with Gasteiger partial charge in [0.25, 0.3) is 0 Å². The number of nitrogens with one attached hydrogen (secondary N) is 2. The molecule has 0 aliphatic carbocycles. The predicted molar refractivity (Wildman–Crippen MR) is 119 cm³/mol. The van der Waals surface area contributed by atoms with E-state index in [1.165, 1.54) is 4.90 Å². The van der Waals surface area contributed by atoms with Crippen molar-refractivity contribution in [2.24, 2.45) is 11.8 Å². The van der Waals surface area contributed by atoms with E-state index in [9.17, 15) is 18.0 Å². The molecule has 0 bridgehead atoms. The normalized spacial score (nSPS) is 22.1. The second kappa shape index (κ2) is 8.77. The topological polar surface area (TPSA) is 100 Å². The van der Waals surface area contributed by atoms with Crippen LogP contribution in [0.4, 0.5) is 18.9 Å². The van der Waals surface area contributed by atoms with E-state index in [0.29, 0.717) is 34.9 Å². The van der Waals surface area contributed by atoms with Crippen molar-refractivity contribution in [3.63, 3.8) is 0 Å². The number of aromatic nitrogens is 2. The van der Waals surface area contributed by atoms with Gasteiger partial charge in [0, 0.05) is 44.5 Å². The van der Waals surface area contributed by atoms with E-state index in [4.69, 9.17) is 22.4 Å². The Hall–Kier alpha value is -2.95. The number of carbonyl (C=O) groups excluding carboxylic acids is 1. The Morgan fingerprint density at radius 1 is 1.24 bits per heavy atom. The van der Waals surface area contributed by atoms with Crippen molar-refractivity contribution in [1.82, 2.24) is 19.8 Å². The zero-order valence-electron chi connectivity index (χ0n) is 17.9. The molecule has 4 heterocycles. The summed E-state index contributed by atoms with van der Waals surface area (Å²) in [6.07, 6.45) is -0.983. The Balaban J connectivity index is 1.42. The highest BCUT2D eigenvalue weighted by molar-refractivity contribution is 6.31. The molecule has 0 aromatic carbocycles. The molecule has 33 heavy (non-hydrogen) atoms. The van der Waals surface area contributed by atoms with Gasteiger partial charge in [-0.1, -0.05) is 18.5 Å². The fourth-order valence-electron chi connectivity index (χ4n) is 4.50. The number of carbonyl (C=O) groups is 1. The molecule has 0 saturated carbocycles. The van der Waals surface area contributed by atoms with Gasteiger partial charge >= 0.3 is 6.18 Å².